The highest BCUT2D eigenvalue weighted by molar-refractivity contribution is 5.94. The number of rotatable bonds is 3. The Morgan fingerprint density at radius 1 is 1.05 bits per heavy atom. The van der Waals surface area contributed by atoms with Crippen molar-refractivity contribution in [1.82, 2.24) is 4.57 Å². The van der Waals surface area contributed by atoms with E-state index in [2.05, 4.69) is 11.5 Å². The molecule has 20 heavy (non-hydrogen) atoms. The van der Waals surface area contributed by atoms with Gasteiger partial charge in [-0.2, -0.15) is 0 Å². The molecule has 0 radical (unpaired) electrons. The van der Waals surface area contributed by atoms with Crippen molar-refractivity contribution in [2.75, 3.05) is 7.11 Å². The first kappa shape index (κ1) is 12.7. The minimum atomic E-state index is 0.0712. The normalized spacial score (nSPS) is 11.1. The molecule has 0 unspecified atom stereocenters. The second-order valence-electron chi connectivity index (χ2n) is 4.88. The summed E-state index contributed by atoms with van der Waals surface area (Å²) >= 11 is 0. The molecular formula is C17H17NO2. The highest BCUT2D eigenvalue weighted by atomic mass is 16.5. The molecule has 3 heteroatoms. The monoisotopic (exact) mass is 267 g/mol. The Kier molecular flexibility index (Phi) is 3.18. The van der Waals surface area contributed by atoms with E-state index in [4.69, 9.17) is 4.74 Å². The lowest BCUT2D eigenvalue weighted by atomic mass is 10.1. The number of fused-ring (bicyclic) bond motifs is 2. The number of benzene rings is 2. The van der Waals surface area contributed by atoms with Gasteiger partial charge in [0.1, 0.15) is 5.75 Å². The fraction of sp³-hybridized carbons (Fsp3) is 0.235. The largest absolute Gasteiger partial charge is 0.497 e. The molecule has 0 bridgehead atoms. The molecule has 0 aliphatic carbocycles. The summed E-state index contributed by atoms with van der Waals surface area (Å²) in [6.07, 6.45) is 1.02. The summed E-state index contributed by atoms with van der Waals surface area (Å²) in [5.41, 5.74) is 2.04. The van der Waals surface area contributed by atoms with Gasteiger partial charge in [-0.15, -0.1) is 0 Å². The van der Waals surface area contributed by atoms with Crippen molar-refractivity contribution >= 4 is 21.8 Å². The van der Waals surface area contributed by atoms with Crippen molar-refractivity contribution < 1.29 is 4.74 Å². The molecular weight excluding hydrogens is 250 g/mol. The van der Waals surface area contributed by atoms with E-state index in [1.807, 2.05) is 42.5 Å². The topological polar surface area (TPSA) is 31.2 Å². The average Bonchev–Trinajstić information content (AvgIpc) is 2.51. The third-order valence-corrected chi connectivity index (χ3v) is 3.63. The number of methoxy groups -OCH3 is 1. The van der Waals surface area contributed by atoms with Gasteiger partial charge in [-0.1, -0.05) is 19.1 Å². The third kappa shape index (κ3) is 1.86. The molecule has 0 saturated heterocycles. The summed E-state index contributed by atoms with van der Waals surface area (Å²) in [7, 11) is 1.62. The van der Waals surface area contributed by atoms with Gasteiger partial charge in [0.2, 0.25) is 0 Å². The van der Waals surface area contributed by atoms with E-state index in [-0.39, 0.29) is 5.43 Å². The van der Waals surface area contributed by atoms with E-state index in [1.54, 1.807) is 7.11 Å². The van der Waals surface area contributed by atoms with Gasteiger partial charge in [-0.25, -0.2) is 0 Å². The maximum absolute atomic E-state index is 12.6. The summed E-state index contributed by atoms with van der Waals surface area (Å²) in [5, 5.41) is 1.48. The van der Waals surface area contributed by atoms with Crippen molar-refractivity contribution in [3.05, 3.63) is 52.7 Å². The van der Waals surface area contributed by atoms with Gasteiger partial charge in [0, 0.05) is 17.3 Å². The van der Waals surface area contributed by atoms with Crippen molar-refractivity contribution in [2.24, 2.45) is 0 Å². The number of pyridine rings is 1. The number of aryl methyl sites for hydroxylation is 1. The lowest BCUT2D eigenvalue weighted by Crippen LogP contribution is -2.11. The second-order valence-corrected chi connectivity index (χ2v) is 4.88. The molecule has 0 spiro atoms. The van der Waals surface area contributed by atoms with Gasteiger partial charge in [0.15, 0.2) is 5.43 Å². The molecule has 0 aliphatic heterocycles. The summed E-state index contributed by atoms with van der Waals surface area (Å²) in [5.74, 6) is 0.716. The predicted molar refractivity (Wildman–Crippen MR) is 82.6 cm³/mol. The number of hydrogen-bond acceptors (Lipinski definition) is 2. The first-order valence-corrected chi connectivity index (χ1v) is 6.85. The van der Waals surface area contributed by atoms with Gasteiger partial charge >= 0.3 is 0 Å². The Balaban J connectivity index is 2.51. The van der Waals surface area contributed by atoms with E-state index in [9.17, 15) is 4.79 Å². The van der Waals surface area contributed by atoms with Crippen molar-refractivity contribution in [3.63, 3.8) is 0 Å². The first-order chi connectivity index (χ1) is 9.76. The molecule has 0 fully saturated rings. The van der Waals surface area contributed by atoms with Crippen LogP contribution >= 0.6 is 0 Å². The van der Waals surface area contributed by atoms with Crippen LogP contribution in [0.1, 0.15) is 13.3 Å². The molecule has 3 rings (SSSR count). The second kappa shape index (κ2) is 5.00. The van der Waals surface area contributed by atoms with Crippen LogP contribution in [0.25, 0.3) is 21.8 Å². The molecule has 0 N–H and O–H groups in total. The number of aromatic nitrogens is 1. The predicted octanol–water partition coefficient (Wildman–Crippen LogP) is 3.57. The molecule has 3 nitrogen and oxygen atoms in total. The molecule has 0 saturated carbocycles. The molecule has 1 aromatic heterocycles. The number of nitrogens with zero attached hydrogens (tertiary/aromatic N) is 1. The average molecular weight is 267 g/mol. The van der Waals surface area contributed by atoms with Crippen molar-refractivity contribution in [3.8, 4) is 5.75 Å². The van der Waals surface area contributed by atoms with Crippen LogP contribution in [-0.4, -0.2) is 11.7 Å². The fourth-order valence-corrected chi connectivity index (χ4v) is 2.70. The number of hydrogen-bond donors (Lipinski definition) is 0. The van der Waals surface area contributed by atoms with Crippen LogP contribution in [0, 0.1) is 0 Å². The fourth-order valence-electron chi connectivity index (χ4n) is 2.70. The zero-order valence-electron chi connectivity index (χ0n) is 11.7. The van der Waals surface area contributed by atoms with Crippen molar-refractivity contribution in [2.45, 2.75) is 19.9 Å². The molecule has 3 aromatic rings. The lowest BCUT2D eigenvalue weighted by Gasteiger charge is -2.14. The Labute approximate surface area is 117 Å². The minimum absolute atomic E-state index is 0.0712. The Morgan fingerprint density at radius 2 is 1.80 bits per heavy atom. The Bertz CT molecular complexity index is 833. The van der Waals surface area contributed by atoms with Gasteiger partial charge in [0.25, 0.3) is 0 Å². The quantitative estimate of drug-likeness (QED) is 0.679. The lowest BCUT2D eigenvalue weighted by molar-refractivity contribution is 0.415. The van der Waals surface area contributed by atoms with Gasteiger partial charge in [-0.3, -0.25) is 4.79 Å². The molecule has 0 aliphatic rings. The molecule has 102 valence electrons. The molecule has 2 aromatic carbocycles. The van der Waals surface area contributed by atoms with Crippen molar-refractivity contribution in [1.29, 1.82) is 0 Å². The Hall–Kier alpha value is -2.29. The van der Waals surface area contributed by atoms with Crippen LogP contribution in [0.2, 0.25) is 0 Å². The van der Waals surface area contributed by atoms with E-state index in [1.165, 1.54) is 0 Å². The summed E-state index contributed by atoms with van der Waals surface area (Å²) in [6.45, 7) is 3.03. The van der Waals surface area contributed by atoms with E-state index in [0.717, 1.165) is 34.8 Å². The van der Waals surface area contributed by atoms with Crippen LogP contribution in [0.5, 0.6) is 5.75 Å². The first-order valence-electron chi connectivity index (χ1n) is 6.85. The SMILES string of the molecule is CCCn1c2ccccc2c(=O)c2cc(OC)ccc21. The highest BCUT2D eigenvalue weighted by Crippen LogP contribution is 2.23. The smallest absolute Gasteiger partial charge is 0.197 e. The number of ether oxygens (including phenoxy) is 1. The maximum Gasteiger partial charge on any atom is 0.197 e. The zero-order valence-corrected chi connectivity index (χ0v) is 11.7. The maximum atomic E-state index is 12.6. The molecule has 0 atom stereocenters. The van der Waals surface area contributed by atoms with Crippen LogP contribution < -0.4 is 10.2 Å². The third-order valence-electron chi connectivity index (χ3n) is 3.63. The summed E-state index contributed by atoms with van der Waals surface area (Å²) in [4.78, 5) is 12.6. The van der Waals surface area contributed by atoms with E-state index < -0.39 is 0 Å². The van der Waals surface area contributed by atoms with Gasteiger partial charge in [0.05, 0.1) is 18.1 Å². The van der Waals surface area contributed by atoms with Gasteiger partial charge < -0.3 is 9.30 Å². The molecule has 0 amide bonds. The summed E-state index contributed by atoms with van der Waals surface area (Å²) < 4.78 is 7.45. The van der Waals surface area contributed by atoms with E-state index >= 15 is 0 Å². The minimum Gasteiger partial charge on any atom is -0.497 e. The van der Waals surface area contributed by atoms with Crippen LogP contribution in [0.3, 0.4) is 0 Å². The standard InChI is InChI=1S/C17H17NO2/c1-3-10-18-15-7-5-4-6-13(15)17(19)14-11-12(20-2)8-9-16(14)18/h4-9,11H,3,10H2,1-2H3. The number of para-hydroxylation sites is 1. The Morgan fingerprint density at radius 3 is 2.55 bits per heavy atom. The van der Waals surface area contributed by atoms with Crippen LogP contribution in [-0.2, 0) is 6.54 Å². The van der Waals surface area contributed by atoms with Crippen LogP contribution in [0.4, 0.5) is 0 Å². The van der Waals surface area contributed by atoms with Crippen LogP contribution in [0.15, 0.2) is 47.3 Å². The molecule has 1 heterocycles. The van der Waals surface area contributed by atoms with Gasteiger partial charge in [-0.05, 0) is 36.8 Å². The zero-order chi connectivity index (χ0) is 14.1. The summed E-state index contributed by atoms with van der Waals surface area (Å²) in [6, 6.07) is 13.5. The van der Waals surface area contributed by atoms with E-state index in [0.29, 0.717) is 5.75 Å². The highest BCUT2D eigenvalue weighted by Gasteiger charge is 2.10.